The molecule has 2 nitrogen and oxygen atoms in total. The molecule has 3 heteroatoms. The van der Waals surface area contributed by atoms with Crippen LogP contribution in [0.25, 0.3) is 58.8 Å². The molecule has 7 aromatic carbocycles. The summed E-state index contributed by atoms with van der Waals surface area (Å²) in [6.45, 7) is 0. The number of hydrogen-bond donors (Lipinski definition) is 0. The van der Waals surface area contributed by atoms with E-state index in [2.05, 4.69) is 179 Å². The van der Waals surface area contributed by atoms with Crippen LogP contribution >= 0.6 is 11.3 Å². The topological polar surface area (TPSA) is 8.17 Å². The molecule has 0 aliphatic heterocycles. The number of benzene rings is 7. The van der Waals surface area contributed by atoms with Crippen molar-refractivity contribution in [2.24, 2.45) is 0 Å². The summed E-state index contributed by atoms with van der Waals surface area (Å²) >= 11 is 1.88. The Morgan fingerprint density at radius 3 is 1.87 bits per heavy atom. The Bertz CT molecular complexity index is 2450. The molecule has 0 aliphatic carbocycles. The highest BCUT2D eigenvalue weighted by atomic mass is 32.1. The third-order valence-electron chi connectivity index (χ3n) is 8.78. The molecule has 2 aromatic heterocycles. The van der Waals surface area contributed by atoms with Crippen LogP contribution in [0, 0.1) is 0 Å². The van der Waals surface area contributed by atoms with Crippen molar-refractivity contribution in [3.05, 3.63) is 170 Å². The predicted molar refractivity (Wildman–Crippen MR) is 194 cm³/mol. The highest BCUT2D eigenvalue weighted by Gasteiger charge is 2.20. The van der Waals surface area contributed by atoms with Gasteiger partial charge in [0.05, 0.1) is 27.1 Å². The first-order chi connectivity index (χ1) is 22.3. The highest BCUT2D eigenvalue weighted by Crippen LogP contribution is 2.44. The summed E-state index contributed by atoms with van der Waals surface area (Å²) < 4.78 is 5.09. The summed E-state index contributed by atoms with van der Waals surface area (Å²) in [5.41, 5.74) is 9.45. The molecule has 0 atom stereocenters. The SMILES string of the molecule is c1ccc(N(c2ccccc2)c2ccccc2-c2ccc3c(c2)c2ccccc2n3-c2cccc3c2sc2ccccc23)cc1. The average molecular weight is 593 g/mol. The van der Waals surface area contributed by atoms with Gasteiger partial charge in [0.25, 0.3) is 0 Å². The fourth-order valence-corrected chi connectivity index (χ4v) is 8.01. The van der Waals surface area contributed by atoms with Crippen LogP contribution in [0.1, 0.15) is 0 Å². The van der Waals surface area contributed by atoms with Crippen LogP contribution in [0.5, 0.6) is 0 Å². The average Bonchev–Trinajstić information content (AvgIpc) is 3.65. The Morgan fingerprint density at radius 2 is 1.07 bits per heavy atom. The zero-order valence-electron chi connectivity index (χ0n) is 24.5. The minimum Gasteiger partial charge on any atom is -0.310 e. The van der Waals surface area contributed by atoms with Gasteiger partial charge in [-0.2, -0.15) is 0 Å². The Balaban J connectivity index is 1.28. The van der Waals surface area contributed by atoms with E-state index in [1.807, 2.05) is 11.3 Å². The largest absolute Gasteiger partial charge is 0.310 e. The zero-order valence-corrected chi connectivity index (χ0v) is 25.3. The lowest BCUT2D eigenvalue weighted by Crippen LogP contribution is -2.10. The van der Waals surface area contributed by atoms with Crippen molar-refractivity contribution in [3.63, 3.8) is 0 Å². The molecule has 0 radical (unpaired) electrons. The third kappa shape index (κ3) is 4.16. The molecule has 0 saturated heterocycles. The quantitative estimate of drug-likeness (QED) is 0.193. The lowest BCUT2D eigenvalue weighted by molar-refractivity contribution is 1.20. The van der Waals surface area contributed by atoms with Crippen LogP contribution in [0.3, 0.4) is 0 Å². The van der Waals surface area contributed by atoms with Crippen LogP contribution in [0.4, 0.5) is 17.1 Å². The van der Waals surface area contributed by atoms with Crippen LogP contribution in [-0.4, -0.2) is 4.57 Å². The summed E-state index contributed by atoms with van der Waals surface area (Å²) in [4.78, 5) is 2.35. The van der Waals surface area contributed by atoms with E-state index in [1.165, 1.54) is 58.8 Å². The van der Waals surface area contributed by atoms with Gasteiger partial charge in [-0.15, -0.1) is 11.3 Å². The van der Waals surface area contributed by atoms with Gasteiger partial charge in [0, 0.05) is 43.2 Å². The fraction of sp³-hybridized carbons (Fsp3) is 0. The van der Waals surface area contributed by atoms with Gasteiger partial charge < -0.3 is 9.47 Å². The van der Waals surface area contributed by atoms with Gasteiger partial charge in [-0.25, -0.2) is 0 Å². The molecule has 0 N–H and O–H groups in total. The Morgan fingerprint density at radius 1 is 0.444 bits per heavy atom. The monoisotopic (exact) mass is 592 g/mol. The normalized spacial score (nSPS) is 11.6. The molecule has 0 bridgehead atoms. The molecule has 0 spiro atoms. The first kappa shape index (κ1) is 25.8. The van der Waals surface area contributed by atoms with E-state index in [1.54, 1.807) is 0 Å². The van der Waals surface area contributed by atoms with Gasteiger partial charge >= 0.3 is 0 Å². The summed E-state index contributed by atoms with van der Waals surface area (Å²) in [5, 5.41) is 5.14. The second-order valence-electron chi connectivity index (χ2n) is 11.4. The van der Waals surface area contributed by atoms with Crippen molar-refractivity contribution in [1.29, 1.82) is 0 Å². The zero-order chi connectivity index (χ0) is 29.7. The maximum absolute atomic E-state index is 2.46. The maximum atomic E-state index is 2.46. The van der Waals surface area contributed by atoms with Crippen molar-refractivity contribution < 1.29 is 0 Å². The van der Waals surface area contributed by atoms with E-state index in [0.29, 0.717) is 0 Å². The molecule has 9 rings (SSSR count). The third-order valence-corrected chi connectivity index (χ3v) is 9.99. The van der Waals surface area contributed by atoms with Gasteiger partial charge in [0.1, 0.15) is 0 Å². The summed E-state index contributed by atoms with van der Waals surface area (Å²) in [6.07, 6.45) is 0. The molecule has 0 unspecified atom stereocenters. The van der Waals surface area contributed by atoms with Crippen LogP contribution in [-0.2, 0) is 0 Å². The summed E-state index contributed by atoms with van der Waals surface area (Å²) in [7, 11) is 0. The number of nitrogens with zero attached hydrogens (tertiary/aromatic N) is 2. The van der Waals surface area contributed by atoms with E-state index < -0.39 is 0 Å². The number of thiophene rings is 1. The van der Waals surface area contributed by atoms with Crippen LogP contribution < -0.4 is 4.90 Å². The summed E-state index contributed by atoms with van der Waals surface area (Å²) in [5.74, 6) is 0. The van der Waals surface area contributed by atoms with E-state index in [4.69, 9.17) is 0 Å². The molecule has 45 heavy (non-hydrogen) atoms. The lowest BCUT2D eigenvalue weighted by Gasteiger charge is -2.27. The Kier molecular flexibility index (Phi) is 6.03. The molecule has 0 aliphatic rings. The number of aromatic nitrogens is 1. The summed E-state index contributed by atoms with van der Waals surface area (Å²) in [6, 6.07) is 61.3. The van der Waals surface area contributed by atoms with Crippen molar-refractivity contribution >= 4 is 70.4 Å². The van der Waals surface area contributed by atoms with Gasteiger partial charge in [-0.05, 0) is 66.2 Å². The smallest absolute Gasteiger partial charge is 0.0640 e. The molecule has 212 valence electrons. The maximum Gasteiger partial charge on any atom is 0.0640 e. The van der Waals surface area contributed by atoms with E-state index in [9.17, 15) is 0 Å². The molecular formula is C42H28N2S. The fourth-order valence-electron chi connectivity index (χ4n) is 6.80. The van der Waals surface area contributed by atoms with Crippen LogP contribution in [0.15, 0.2) is 170 Å². The molecular weight excluding hydrogens is 565 g/mol. The highest BCUT2D eigenvalue weighted by molar-refractivity contribution is 7.26. The minimum absolute atomic E-state index is 1.13. The predicted octanol–water partition coefficient (Wildman–Crippen LogP) is 12.3. The minimum atomic E-state index is 1.13. The number of anilines is 3. The van der Waals surface area contributed by atoms with Crippen molar-refractivity contribution in [2.75, 3.05) is 4.90 Å². The second-order valence-corrected chi connectivity index (χ2v) is 12.4. The standard InChI is InChI=1S/C42H28N2S/c1-3-14-30(15-4-1)43(31-16-5-2-6-17-31)37-22-10-7-18-32(37)29-26-27-39-36(28-29)33-19-8-11-23-38(33)44(39)40-24-13-21-35-34-20-9-12-25-41(34)45-42(35)40/h1-28H. The molecule has 0 saturated carbocycles. The van der Waals surface area contributed by atoms with E-state index in [0.717, 1.165) is 17.1 Å². The molecule has 9 aromatic rings. The Hall–Kier alpha value is -5.64. The first-order valence-corrected chi connectivity index (χ1v) is 16.1. The molecule has 2 heterocycles. The van der Waals surface area contributed by atoms with Crippen molar-refractivity contribution in [3.8, 4) is 16.8 Å². The molecule has 0 amide bonds. The Labute approximate surface area is 265 Å². The number of hydrogen-bond acceptors (Lipinski definition) is 2. The van der Waals surface area contributed by atoms with Gasteiger partial charge in [0.2, 0.25) is 0 Å². The lowest BCUT2D eigenvalue weighted by atomic mass is 9.99. The van der Waals surface area contributed by atoms with Crippen LogP contribution in [0.2, 0.25) is 0 Å². The van der Waals surface area contributed by atoms with Gasteiger partial charge in [0.15, 0.2) is 0 Å². The number of para-hydroxylation sites is 4. The van der Waals surface area contributed by atoms with Gasteiger partial charge in [-0.1, -0.05) is 109 Å². The van der Waals surface area contributed by atoms with Crippen molar-refractivity contribution in [2.45, 2.75) is 0 Å². The first-order valence-electron chi connectivity index (χ1n) is 15.3. The number of rotatable bonds is 5. The van der Waals surface area contributed by atoms with Gasteiger partial charge in [-0.3, -0.25) is 0 Å². The number of fused-ring (bicyclic) bond motifs is 6. The van der Waals surface area contributed by atoms with Crippen molar-refractivity contribution in [1.82, 2.24) is 4.57 Å². The van der Waals surface area contributed by atoms with E-state index in [-0.39, 0.29) is 0 Å². The molecule has 0 fully saturated rings. The second kappa shape index (κ2) is 10.5. The van der Waals surface area contributed by atoms with E-state index >= 15 is 0 Å².